The third-order valence-electron chi connectivity index (χ3n) is 1.74. The fourth-order valence-corrected chi connectivity index (χ4v) is 1.29. The first-order chi connectivity index (χ1) is 5.39. The molecule has 3 heteroatoms. The van der Waals surface area contributed by atoms with Crippen molar-refractivity contribution in [1.29, 1.82) is 0 Å². The minimum absolute atomic E-state index is 0.116. The molecule has 0 fully saturated rings. The van der Waals surface area contributed by atoms with Crippen LogP contribution in [-0.4, -0.2) is 43.3 Å². The van der Waals surface area contributed by atoms with Gasteiger partial charge >= 0.3 is 0 Å². The van der Waals surface area contributed by atoms with Crippen molar-refractivity contribution in [3.05, 3.63) is 12.2 Å². The maximum absolute atomic E-state index is 11.3. The van der Waals surface area contributed by atoms with Gasteiger partial charge in [-0.15, -0.1) is 11.6 Å². The molecule has 0 aliphatic carbocycles. The molecular weight excluding hydrogens is 174 g/mol. The lowest BCUT2D eigenvalue weighted by Crippen LogP contribution is -2.45. The predicted octanol–water partition coefficient (Wildman–Crippen LogP) is 1.45. The van der Waals surface area contributed by atoms with Crippen molar-refractivity contribution in [1.82, 2.24) is 0 Å². The lowest BCUT2D eigenvalue weighted by atomic mass is 10.2. The Bertz CT molecular complexity index is 187. The van der Waals surface area contributed by atoms with Crippen LogP contribution in [0.1, 0.15) is 6.92 Å². The summed E-state index contributed by atoms with van der Waals surface area (Å²) >= 11 is 5.60. The van der Waals surface area contributed by atoms with Crippen LogP contribution in [0.5, 0.6) is 0 Å². The standard InChI is InChI=1S/C9H17ClNO/c1-8(2)9(12)7-11(3,4)6-5-10/h1,5-7H2,2-4H3/q+1. The van der Waals surface area contributed by atoms with Gasteiger partial charge in [0.1, 0.15) is 6.54 Å². The first kappa shape index (κ1) is 11.7. The van der Waals surface area contributed by atoms with Crippen molar-refractivity contribution >= 4 is 17.4 Å². The quantitative estimate of drug-likeness (QED) is 0.364. The SMILES string of the molecule is C=C(C)C(=O)C[N+](C)(C)CCCl. The molecule has 0 amide bonds. The largest absolute Gasteiger partial charge is 0.321 e. The van der Waals surface area contributed by atoms with Gasteiger partial charge in [0.15, 0.2) is 0 Å². The van der Waals surface area contributed by atoms with Crippen LogP contribution in [0.25, 0.3) is 0 Å². The highest BCUT2D eigenvalue weighted by atomic mass is 35.5. The fourth-order valence-electron chi connectivity index (χ4n) is 0.832. The van der Waals surface area contributed by atoms with Crippen molar-refractivity contribution in [2.24, 2.45) is 0 Å². The zero-order valence-electron chi connectivity index (χ0n) is 8.06. The number of halogens is 1. The van der Waals surface area contributed by atoms with Crippen molar-refractivity contribution in [2.45, 2.75) is 6.92 Å². The Morgan fingerprint density at radius 1 is 1.50 bits per heavy atom. The molecule has 0 aliphatic heterocycles. The Balaban J connectivity index is 4.05. The van der Waals surface area contributed by atoms with Crippen LogP contribution in [0.2, 0.25) is 0 Å². The second-order valence-electron chi connectivity index (χ2n) is 3.71. The molecular formula is C9H17ClNO+. The van der Waals surface area contributed by atoms with E-state index >= 15 is 0 Å². The number of ketones is 1. The predicted molar refractivity (Wildman–Crippen MR) is 52.4 cm³/mol. The Kier molecular flexibility index (Phi) is 4.50. The van der Waals surface area contributed by atoms with E-state index in [2.05, 4.69) is 6.58 Å². The summed E-state index contributed by atoms with van der Waals surface area (Å²) in [5.41, 5.74) is 0.621. The number of likely N-dealkylation sites (N-methyl/N-ethyl adjacent to an activating group) is 1. The molecule has 12 heavy (non-hydrogen) atoms. The maximum Gasteiger partial charge on any atom is 0.212 e. The van der Waals surface area contributed by atoms with Crippen LogP contribution in [0.4, 0.5) is 0 Å². The summed E-state index contributed by atoms with van der Waals surface area (Å²) in [5, 5.41) is 0. The van der Waals surface area contributed by atoms with Crippen LogP contribution in [-0.2, 0) is 4.79 Å². The molecule has 0 atom stereocenters. The van der Waals surface area contributed by atoms with Gasteiger partial charge in [0, 0.05) is 0 Å². The third-order valence-corrected chi connectivity index (χ3v) is 1.91. The van der Waals surface area contributed by atoms with E-state index in [0.29, 0.717) is 22.5 Å². The minimum Gasteiger partial charge on any atom is -0.321 e. The van der Waals surface area contributed by atoms with E-state index < -0.39 is 0 Å². The molecule has 70 valence electrons. The zero-order valence-corrected chi connectivity index (χ0v) is 8.82. The highest BCUT2D eigenvalue weighted by Gasteiger charge is 2.19. The topological polar surface area (TPSA) is 17.1 Å². The molecule has 0 saturated carbocycles. The first-order valence-corrected chi connectivity index (χ1v) is 4.49. The van der Waals surface area contributed by atoms with E-state index in [1.54, 1.807) is 6.92 Å². The Morgan fingerprint density at radius 3 is 2.33 bits per heavy atom. The summed E-state index contributed by atoms with van der Waals surface area (Å²) in [4.78, 5) is 11.3. The van der Waals surface area contributed by atoms with Gasteiger partial charge in [-0.2, -0.15) is 0 Å². The highest BCUT2D eigenvalue weighted by Crippen LogP contribution is 2.01. The number of rotatable bonds is 5. The van der Waals surface area contributed by atoms with Crippen molar-refractivity contribution in [3.8, 4) is 0 Å². The van der Waals surface area contributed by atoms with Gasteiger partial charge in [0.25, 0.3) is 0 Å². The van der Waals surface area contributed by atoms with Crippen LogP contribution < -0.4 is 0 Å². The number of carbonyl (C=O) groups excluding carboxylic acids is 1. The molecule has 0 saturated heterocycles. The summed E-state index contributed by atoms with van der Waals surface area (Å²) in [6, 6.07) is 0. The summed E-state index contributed by atoms with van der Waals surface area (Å²) in [5.74, 6) is 0.696. The second kappa shape index (κ2) is 4.63. The summed E-state index contributed by atoms with van der Waals surface area (Å²) in [7, 11) is 3.98. The van der Waals surface area contributed by atoms with Gasteiger partial charge in [-0.05, 0) is 12.5 Å². The smallest absolute Gasteiger partial charge is 0.212 e. The van der Waals surface area contributed by atoms with Gasteiger partial charge in [0.05, 0.1) is 26.5 Å². The van der Waals surface area contributed by atoms with Crippen LogP contribution >= 0.6 is 11.6 Å². The van der Waals surface area contributed by atoms with Gasteiger partial charge in [-0.1, -0.05) is 6.58 Å². The Hall–Kier alpha value is -0.340. The highest BCUT2D eigenvalue weighted by molar-refractivity contribution is 6.17. The number of hydrogen-bond donors (Lipinski definition) is 0. The van der Waals surface area contributed by atoms with E-state index in [1.165, 1.54) is 0 Å². The molecule has 2 nitrogen and oxygen atoms in total. The Labute approximate surface area is 79.4 Å². The molecule has 0 bridgehead atoms. The van der Waals surface area contributed by atoms with Crippen LogP contribution in [0.15, 0.2) is 12.2 Å². The molecule has 0 radical (unpaired) electrons. The van der Waals surface area contributed by atoms with E-state index in [4.69, 9.17) is 11.6 Å². The lowest BCUT2D eigenvalue weighted by molar-refractivity contribution is -0.879. The minimum atomic E-state index is 0.116. The molecule has 0 aromatic heterocycles. The van der Waals surface area contributed by atoms with E-state index in [1.807, 2.05) is 14.1 Å². The zero-order chi connectivity index (χ0) is 9.78. The van der Waals surface area contributed by atoms with Gasteiger partial charge in [-0.25, -0.2) is 0 Å². The number of carbonyl (C=O) groups is 1. The van der Waals surface area contributed by atoms with E-state index in [-0.39, 0.29) is 5.78 Å². The lowest BCUT2D eigenvalue weighted by Gasteiger charge is -2.27. The number of Topliss-reactive ketones (excluding diaryl/α,β-unsaturated/α-hetero) is 1. The van der Waals surface area contributed by atoms with E-state index in [9.17, 15) is 4.79 Å². The summed E-state index contributed by atoms with van der Waals surface area (Å²) in [6.45, 7) is 6.64. The van der Waals surface area contributed by atoms with E-state index in [0.717, 1.165) is 6.54 Å². The number of alkyl halides is 1. The summed E-state index contributed by atoms with van der Waals surface area (Å²) in [6.07, 6.45) is 0. The van der Waals surface area contributed by atoms with Crippen LogP contribution in [0.3, 0.4) is 0 Å². The van der Waals surface area contributed by atoms with Crippen molar-refractivity contribution in [3.63, 3.8) is 0 Å². The van der Waals surface area contributed by atoms with Crippen molar-refractivity contribution in [2.75, 3.05) is 33.1 Å². The normalized spacial score (nSPS) is 11.3. The average Bonchev–Trinajstić information content (AvgIpc) is 1.85. The number of nitrogens with zero attached hydrogens (tertiary/aromatic N) is 1. The molecule has 0 rings (SSSR count). The maximum atomic E-state index is 11.3. The number of hydrogen-bond acceptors (Lipinski definition) is 1. The van der Waals surface area contributed by atoms with Crippen molar-refractivity contribution < 1.29 is 9.28 Å². The monoisotopic (exact) mass is 190 g/mol. The third kappa shape index (κ3) is 4.52. The molecule has 0 unspecified atom stereocenters. The number of quaternary nitrogens is 1. The first-order valence-electron chi connectivity index (χ1n) is 3.96. The molecule has 0 aliphatic rings. The fraction of sp³-hybridized carbons (Fsp3) is 0.667. The van der Waals surface area contributed by atoms with Gasteiger partial charge in [0.2, 0.25) is 5.78 Å². The average molecular weight is 191 g/mol. The van der Waals surface area contributed by atoms with Gasteiger partial charge in [-0.3, -0.25) is 4.79 Å². The van der Waals surface area contributed by atoms with Gasteiger partial charge < -0.3 is 4.48 Å². The summed E-state index contributed by atoms with van der Waals surface area (Å²) < 4.78 is 0.634. The molecule has 0 heterocycles. The molecule has 0 aromatic rings. The molecule has 0 spiro atoms. The molecule has 0 aromatic carbocycles. The molecule has 0 N–H and O–H groups in total. The second-order valence-corrected chi connectivity index (χ2v) is 4.09. The Morgan fingerprint density at radius 2 is 2.00 bits per heavy atom. The van der Waals surface area contributed by atoms with Crippen LogP contribution in [0, 0.1) is 0 Å².